The second-order valence-electron chi connectivity index (χ2n) is 6.79. The third-order valence-electron chi connectivity index (χ3n) is 3.91. The van der Waals surface area contributed by atoms with Gasteiger partial charge in [0.1, 0.15) is 0 Å². The SMILES string of the molecule is CC1CC(OCCNCc2ccc(Cl)s2)CC(C)(C)C1. The molecule has 1 heterocycles. The number of ether oxygens (including phenoxy) is 1. The predicted octanol–water partition coefficient (Wildman–Crippen LogP) is 4.72. The van der Waals surface area contributed by atoms with E-state index in [-0.39, 0.29) is 0 Å². The van der Waals surface area contributed by atoms with E-state index in [1.807, 2.05) is 6.07 Å². The van der Waals surface area contributed by atoms with E-state index in [9.17, 15) is 0 Å². The Labute approximate surface area is 131 Å². The first-order valence-electron chi connectivity index (χ1n) is 7.51. The summed E-state index contributed by atoms with van der Waals surface area (Å²) in [5.41, 5.74) is 0.434. The molecule has 0 bridgehead atoms. The summed E-state index contributed by atoms with van der Waals surface area (Å²) >= 11 is 7.54. The van der Waals surface area contributed by atoms with Crippen LogP contribution < -0.4 is 5.32 Å². The molecule has 1 aliphatic rings. The number of halogens is 1. The lowest BCUT2D eigenvalue weighted by atomic mass is 9.71. The van der Waals surface area contributed by atoms with Crippen LogP contribution in [0.3, 0.4) is 0 Å². The number of thiophene rings is 1. The fraction of sp³-hybridized carbons (Fsp3) is 0.750. The van der Waals surface area contributed by atoms with Crippen molar-refractivity contribution in [2.45, 2.75) is 52.7 Å². The summed E-state index contributed by atoms with van der Waals surface area (Å²) in [4.78, 5) is 1.28. The Morgan fingerprint density at radius 3 is 2.85 bits per heavy atom. The summed E-state index contributed by atoms with van der Waals surface area (Å²) in [6.45, 7) is 9.65. The topological polar surface area (TPSA) is 21.3 Å². The van der Waals surface area contributed by atoms with Gasteiger partial charge in [-0.1, -0.05) is 32.4 Å². The van der Waals surface area contributed by atoms with Gasteiger partial charge in [0, 0.05) is 18.0 Å². The molecular weight excluding hydrogens is 290 g/mol. The van der Waals surface area contributed by atoms with Crippen molar-refractivity contribution in [3.05, 3.63) is 21.3 Å². The van der Waals surface area contributed by atoms with Crippen LogP contribution in [0, 0.1) is 11.3 Å². The van der Waals surface area contributed by atoms with Crippen LogP contribution in [0.15, 0.2) is 12.1 Å². The highest BCUT2D eigenvalue weighted by Gasteiger charge is 2.32. The van der Waals surface area contributed by atoms with E-state index in [0.29, 0.717) is 11.5 Å². The fourth-order valence-electron chi connectivity index (χ4n) is 3.34. The van der Waals surface area contributed by atoms with Gasteiger partial charge < -0.3 is 10.1 Å². The van der Waals surface area contributed by atoms with Crippen molar-refractivity contribution >= 4 is 22.9 Å². The summed E-state index contributed by atoms with van der Waals surface area (Å²) < 4.78 is 6.90. The maximum absolute atomic E-state index is 6.05. The van der Waals surface area contributed by atoms with Crippen LogP contribution in [0.5, 0.6) is 0 Å². The van der Waals surface area contributed by atoms with Crippen molar-refractivity contribution in [3.63, 3.8) is 0 Å². The minimum atomic E-state index is 0.434. The first-order chi connectivity index (χ1) is 9.44. The highest BCUT2D eigenvalue weighted by molar-refractivity contribution is 7.16. The number of hydrogen-bond acceptors (Lipinski definition) is 3. The summed E-state index contributed by atoms with van der Waals surface area (Å²) in [6.07, 6.45) is 4.17. The van der Waals surface area contributed by atoms with E-state index < -0.39 is 0 Å². The van der Waals surface area contributed by atoms with Crippen molar-refractivity contribution < 1.29 is 4.74 Å². The Morgan fingerprint density at radius 2 is 2.20 bits per heavy atom. The molecular formula is C16H26ClNOS. The van der Waals surface area contributed by atoms with Gasteiger partial charge in [0.15, 0.2) is 0 Å². The second kappa shape index (κ2) is 7.26. The maximum atomic E-state index is 6.05. The molecule has 2 nitrogen and oxygen atoms in total. The molecule has 0 radical (unpaired) electrons. The summed E-state index contributed by atoms with van der Waals surface area (Å²) in [5.74, 6) is 0.782. The van der Waals surface area contributed by atoms with E-state index >= 15 is 0 Å². The smallest absolute Gasteiger partial charge is 0.0931 e. The molecule has 1 saturated carbocycles. The minimum absolute atomic E-state index is 0.434. The third-order valence-corrected chi connectivity index (χ3v) is 5.14. The van der Waals surface area contributed by atoms with Crippen LogP contribution in [0.4, 0.5) is 0 Å². The van der Waals surface area contributed by atoms with Crippen LogP contribution in [-0.4, -0.2) is 19.3 Å². The average molecular weight is 316 g/mol. The van der Waals surface area contributed by atoms with E-state index in [0.717, 1.165) is 30.0 Å². The van der Waals surface area contributed by atoms with Gasteiger partial charge in [0.2, 0.25) is 0 Å². The van der Waals surface area contributed by atoms with E-state index in [1.54, 1.807) is 11.3 Å². The highest BCUT2D eigenvalue weighted by atomic mass is 35.5. The van der Waals surface area contributed by atoms with Crippen molar-refractivity contribution in [2.24, 2.45) is 11.3 Å². The lowest BCUT2D eigenvalue weighted by Gasteiger charge is -2.38. The minimum Gasteiger partial charge on any atom is -0.377 e. The van der Waals surface area contributed by atoms with Crippen molar-refractivity contribution in [1.29, 1.82) is 0 Å². The zero-order chi connectivity index (χ0) is 14.6. The molecule has 0 aliphatic heterocycles. The second-order valence-corrected chi connectivity index (χ2v) is 8.59. The Morgan fingerprint density at radius 1 is 1.40 bits per heavy atom. The number of hydrogen-bond donors (Lipinski definition) is 1. The first kappa shape index (κ1) is 16.3. The summed E-state index contributed by atoms with van der Waals surface area (Å²) in [5, 5.41) is 3.41. The normalized spacial score (nSPS) is 25.8. The van der Waals surface area contributed by atoms with Gasteiger partial charge in [-0.05, 0) is 42.7 Å². The van der Waals surface area contributed by atoms with Gasteiger partial charge in [-0.25, -0.2) is 0 Å². The molecule has 114 valence electrons. The van der Waals surface area contributed by atoms with E-state index in [1.165, 1.54) is 24.1 Å². The molecule has 0 amide bonds. The largest absolute Gasteiger partial charge is 0.377 e. The Balaban J connectivity index is 1.61. The fourth-order valence-corrected chi connectivity index (χ4v) is 4.40. The molecule has 1 aromatic rings. The summed E-state index contributed by atoms with van der Waals surface area (Å²) in [6, 6.07) is 4.03. The molecule has 1 aromatic heterocycles. The van der Waals surface area contributed by atoms with Gasteiger partial charge in [-0.3, -0.25) is 0 Å². The van der Waals surface area contributed by atoms with Gasteiger partial charge in [-0.2, -0.15) is 0 Å². The molecule has 2 rings (SSSR count). The Bertz CT molecular complexity index is 418. The van der Waals surface area contributed by atoms with Crippen LogP contribution in [0.1, 0.15) is 44.9 Å². The van der Waals surface area contributed by atoms with E-state index in [2.05, 4.69) is 32.2 Å². The number of nitrogens with one attached hydrogen (secondary N) is 1. The number of rotatable bonds is 6. The van der Waals surface area contributed by atoms with E-state index in [4.69, 9.17) is 16.3 Å². The molecule has 20 heavy (non-hydrogen) atoms. The monoisotopic (exact) mass is 315 g/mol. The van der Waals surface area contributed by atoms with Crippen molar-refractivity contribution in [1.82, 2.24) is 5.32 Å². The van der Waals surface area contributed by atoms with Crippen LogP contribution in [0.2, 0.25) is 4.34 Å². The standard InChI is InChI=1S/C16H26ClNOS/c1-12-8-13(10-16(2,3)9-12)19-7-6-18-11-14-4-5-15(17)20-14/h4-5,12-13,18H,6-11H2,1-3H3. The predicted molar refractivity (Wildman–Crippen MR) is 87.6 cm³/mol. The zero-order valence-electron chi connectivity index (χ0n) is 12.7. The first-order valence-corrected chi connectivity index (χ1v) is 8.70. The Kier molecular flexibility index (Phi) is 5.91. The van der Waals surface area contributed by atoms with Crippen LogP contribution in [0.25, 0.3) is 0 Å². The molecule has 0 spiro atoms. The van der Waals surface area contributed by atoms with Crippen molar-refractivity contribution in [3.8, 4) is 0 Å². The van der Waals surface area contributed by atoms with Gasteiger partial charge >= 0.3 is 0 Å². The molecule has 1 N–H and O–H groups in total. The van der Waals surface area contributed by atoms with Gasteiger partial charge in [0.25, 0.3) is 0 Å². The van der Waals surface area contributed by atoms with Crippen molar-refractivity contribution in [2.75, 3.05) is 13.2 Å². The van der Waals surface area contributed by atoms with Gasteiger partial charge in [0.05, 0.1) is 17.0 Å². The van der Waals surface area contributed by atoms with Crippen LogP contribution >= 0.6 is 22.9 Å². The van der Waals surface area contributed by atoms with Gasteiger partial charge in [-0.15, -0.1) is 11.3 Å². The molecule has 0 aromatic carbocycles. The zero-order valence-corrected chi connectivity index (χ0v) is 14.3. The molecule has 2 unspecified atom stereocenters. The summed E-state index contributed by atoms with van der Waals surface area (Å²) in [7, 11) is 0. The molecule has 1 fully saturated rings. The lowest BCUT2D eigenvalue weighted by molar-refractivity contribution is -0.0213. The Hall–Kier alpha value is -0.0900. The van der Waals surface area contributed by atoms with Crippen LogP contribution in [-0.2, 0) is 11.3 Å². The lowest BCUT2D eigenvalue weighted by Crippen LogP contribution is -2.34. The third kappa shape index (κ3) is 5.36. The quantitative estimate of drug-likeness (QED) is 0.767. The average Bonchev–Trinajstić information content (AvgIpc) is 2.72. The molecule has 0 saturated heterocycles. The maximum Gasteiger partial charge on any atom is 0.0931 e. The molecule has 2 atom stereocenters. The highest BCUT2D eigenvalue weighted by Crippen LogP contribution is 2.39. The molecule has 1 aliphatic carbocycles. The molecule has 4 heteroatoms.